The van der Waals surface area contributed by atoms with E-state index in [0.29, 0.717) is 12.4 Å². The summed E-state index contributed by atoms with van der Waals surface area (Å²) in [7, 11) is -3.31. The average Bonchev–Trinajstić information content (AvgIpc) is 2.83. The van der Waals surface area contributed by atoms with Crippen LogP contribution in [-0.2, 0) is 9.84 Å². The number of hydrogen-bond acceptors (Lipinski definition) is 5. The van der Waals surface area contributed by atoms with Gasteiger partial charge in [-0.3, -0.25) is 4.90 Å². The van der Waals surface area contributed by atoms with Crippen LogP contribution in [0.3, 0.4) is 0 Å². The van der Waals surface area contributed by atoms with Gasteiger partial charge in [-0.05, 0) is 38.1 Å². The molecule has 2 rings (SSSR count). The van der Waals surface area contributed by atoms with Crippen molar-refractivity contribution in [3.63, 3.8) is 0 Å². The van der Waals surface area contributed by atoms with Gasteiger partial charge in [0.25, 0.3) is 0 Å². The van der Waals surface area contributed by atoms with Crippen LogP contribution in [0, 0.1) is 0 Å². The third kappa shape index (κ3) is 3.61. The van der Waals surface area contributed by atoms with Crippen LogP contribution in [0.1, 0.15) is 12.8 Å². The van der Waals surface area contributed by atoms with Crippen LogP contribution in [0.4, 0.5) is 5.69 Å². The van der Waals surface area contributed by atoms with Gasteiger partial charge in [0.05, 0.1) is 10.6 Å². The topological polar surface area (TPSA) is 72.6 Å². The highest BCUT2D eigenvalue weighted by atomic mass is 32.2. The average molecular weight is 284 g/mol. The number of para-hydroxylation sites is 1. The number of nitrogens with zero attached hydrogens (tertiary/aromatic N) is 1. The Morgan fingerprint density at radius 1 is 1.32 bits per heavy atom. The summed E-state index contributed by atoms with van der Waals surface area (Å²) in [5.74, 6) is 0.446. The normalized spacial score (nSPS) is 16.7. The van der Waals surface area contributed by atoms with Gasteiger partial charge in [-0.2, -0.15) is 0 Å². The maximum Gasteiger partial charge on any atom is 0.177 e. The van der Waals surface area contributed by atoms with E-state index in [-0.39, 0.29) is 10.6 Å². The molecule has 0 bridgehead atoms. The minimum absolute atomic E-state index is 0.131. The maximum atomic E-state index is 11.5. The first kappa shape index (κ1) is 14.1. The lowest BCUT2D eigenvalue weighted by Crippen LogP contribution is -2.25. The molecule has 1 aromatic rings. The smallest absolute Gasteiger partial charge is 0.177 e. The summed E-state index contributed by atoms with van der Waals surface area (Å²) >= 11 is 0. The number of nitrogens with two attached hydrogens (primary N) is 1. The van der Waals surface area contributed by atoms with E-state index in [0.717, 1.165) is 25.9 Å². The fourth-order valence-corrected chi connectivity index (χ4v) is 3.09. The van der Waals surface area contributed by atoms with Crippen molar-refractivity contribution >= 4 is 15.5 Å². The van der Waals surface area contributed by atoms with E-state index in [1.165, 1.54) is 18.9 Å². The number of sulfone groups is 1. The van der Waals surface area contributed by atoms with E-state index < -0.39 is 9.84 Å². The molecule has 1 aliphatic rings. The molecule has 1 heterocycles. The van der Waals surface area contributed by atoms with Crippen molar-refractivity contribution in [1.82, 2.24) is 4.90 Å². The Morgan fingerprint density at radius 2 is 2.00 bits per heavy atom. The third-order valence-electron chi connectivity index (χ3n) is 3.29. The lowest BCUT2D eigenvalue weighted by molar-refractivity contribution is 0.238. The second-order valence-corrected chi connectivity index (χ2v) is 6.82. The Kier molecular flexibility index (Phi) is 4.31. The zero-order valence-electron chi connectivity index (χ0n) is 11.1. The number of benzene rings is 1. The lowest BCUT2D eigenvalue weighted by Gasteiger charge is -2.16. The molecule has 106 valence electrons. The number of nitrogen functional groups attached to an aromatic ring is 1. The van der Waals surface area contributed by atoms with Crippen LogP contribution in [0.15, 0.2) is 23.1 Å². The molecule has 0 aliphatic carbocycles. The molecule has 2 N–H and O–H groups in total. The fourth-order valence-electron chi connectivity index (χ4n) is 2.26. The summed E-state index contributed by atoms with van der Waals surface area (Å²) in [5, 5.41) is 0. The van der Waals surface area contributed by atoms with Crippen LogP contribution < -0.4 is 10.5 Å². The van der Waals surface area contributed by atoms with Crippen molar-refractivity contribution in [3.8, 4) is 5.75 Å². The van der Waals surface area contributed by atoms with Gasteiger partial charge in [0, 0.05) is 12.8 Å². The van der Waals surface area contributed by atoms with Crippen molar-refractivity contribution in [2.75, 3.05) is 38.2 Å². The molecular formula is C13H20N2O3S. The van der Waals surface area contributed by atoms with E-state index in [2.05, 4.69) is 4.90 Å². The predicted molar refractivity (Wildman–Crippen MR) is 75.1 cm³/mol. The van der Waals surface area contributed by atoms with Gasteiger partial charge in [0.2, 0.25) is 0 Å². The molecule has 0 spiro atoms. The summed E-state index contributed by atoms with van der Waals surface area (Å²) in [4.78, 5) is 2.46. The number of ether oxygens (including phenoxy) is 1. The summed E-state index contributed by atoms with van der Waals surface area (Å²) in [6.45, 7) is 3.60. The molecule has 0 radical (unpaired) electrons. The molecule has 1 fully saturated rings. The van der Waals surface area contributed by atoms with Gasteiger partial charge < -0.3 is 10.5 Å². The van der Waals surface area contributed by atoms with Crippen LogP contribution >= 0.6 is 0 Å². The second-order valence-electron chi connectivity index (χ2n) is 4.84. The lowest BCUT2D eigenvalue weighted by atomic mass is 10.3. The molecule has 6 heteroatoms. The van der Waals surface area contributed by atoms with Crippen molar-refractivity contribution in [2.24, 2.45) is 0 Å². The monoisotopic (exact) mass is 284 g/mol. The van der Waals surface area contributed by atoms with Crippen LogP contribution in [0.2, 0.25) is 0 Å². The molecular weight excluding hydrogens is 264 g/mol. The summed E-state index contributed by atoms with van der Waals surface area (Å²) in [5.41, 5.74) is 6.05. The highest BCUT2D eigenvalue weighted by molar-refractivity contribution is 7.90. The first-order valence-electron chi connectivity index (χ1n) is 6.42. The van der Waals surface area contributed by atoms with E-state index in [1.807, 2.05) is 0 Å². The SMILES string of the molecule is CS(=O)(=O)c1cccc(OCCN2CCCC2)c1N. The largest absolute Gasteiger partial charge is 0.490 e. The Hall–Kier alpha value is -1.27. The van der Waals surface area contributed by atoms with Gasteiger partial charge in [-0.1, -0.05) is 6.07 Å². The van der Waals surface area contributed by atoms with Crippen molar-refractivity contribution in [1.29, 1.82) is 0 Å². The van der Waals surface area contributed by atoms with Gasteiger partial charge in [-0.15, -0.1) is 0 Å². The van der Waals surface area contributed by atoms with Gasteiger partial charge in [0.15, 0.2) is 9.84 Å². The van der Waals surface area contributed by atoms with Crippen molar-refractivity contribution < 1.29 is 13.2 Å². The maximum absolute atomic E-state index is 11.5. The van der Waals surface area contributed by atoms with Gasteiger partial charge in [-0.25, -0.2) is 8.42 Å². The molecule has 19 heavy (non-hydrogen) atoms. The molecule has 0 atom stereocenters. The number of hydrogen-bond donors (Lipinski definition) is 1. The minimum atomic E-state index is -3.31. The Balaban J connectivity index is 2.00. The molecule has 1 aromatic carbocycles. The third-order valence-corrected chi connectivity index (χ3v) is 4.44. The zero-order valence-corrected chi connectivity index (χ0v) is 11.9. The molecule has 1 aliphatic heterocycles. The standard InChI is InChI=1S/C13H20N2O3S/c1-19(16,17)12-6-4-5-11(13(12)14)18-10-9-15-7-2-3-8-15/h4-6H,2-3,7-10,14H2,1H3. The molecule has 5 nitrogen and oxygen atoms in total. The van der Waals surface area contributed by atoms with E-state index in [1.54, 1.807) is 12.1 Å². The first-order chi connectivity index (χ1) is 8.98. The Labute approximate surface area is 114 Å². The van der Waals surface area contributed by atoms with Crippen LogP contribution in [0.5, 0.6) is 5.75 Å². The predicted octanol–water partition coefficient (Wildman–Crippen LogP) is 1.15. The summed E-state index contributed by atoms with van der Waals surface area (Å²) in [6, 6.07) is 4.85. The quantitative estimate of drug-likeness (QED) is 0.821. The van der Waals surface area contributed by atoms with Crippen molar-refractivity contribution in [2.45, 2.75) is 17.7 Å². The van der Waals surface area contributed by atoms with Crippen LogP contribution in [0.25, 0.3) is 0 Å². The molecule has 0 aromatic heterocycles. The zero-order chi connectivity index (χ0) is 13.9. The van der Waals surface area contributed by atoms with E-state index in [9.17, 15) is 8.42 Å². The molecule has 0 amide bonds. The Morgan fingerprint density at radius 3 is 2.63 bits per heavy atom. The fraction of sp³-hybridized carbons (Fsp3) is 0.538. The summed E-state index contributed by atoms with van der Waals surface area (Å²) in [6.07, 6.45) is 3.63. The first-order valence-corrected chi connectivity index (χ1v) is 8.31. The van der Waals surface area contributed by atoms with Gasteiger partial charge in [0.1, 0.15) is 12.4 Å². The minimum Gasteiger partial charge on any atom is -0.490 e. The second kappa shape index (κ2) is 5.79. The van der Waals surface area contributed by atoms with E-state index in [4.69, 9.17) is 10.5 Å². The molecule has 0 saturated carbocycles. The van der Waals surface area contributed by atoms with Crippen molar-refractivity contribution in [3.05, 3.63) is 18.2 Å². The molecule has 0 unspecified atom stereocenters. The molecule has 1 saturated heterocycles. The van der Waals surface area contributed by atoms with Crippen LogP contribution in [-0.4, -0.2) is 45.8 Å². The highest BCUT2D eigenvalue weighted by Gasteiger charge is 2.15. The number of rotatable bonds is 5. The van der Waals surface area contributed by atoms with E-state index >= 15 is 0 Å². The Bertz CT molecular complexity index is 537. The summed E-state index contributed by atoms with van der Waals surface area (Å²) < 4.78 is 28.7. The number of likely N-dealkylation sites (tertiary alicyclic amines) is 1. The number of anilines is 1. The van der Waals surface area contributed by atoms with Gasteiger partial charge >= 0.3 is 0 Å². The highest BCUT2D eigenvalue weighted by Crippen LogP contribution is 2.28.